The molecule has 4 rings (SSSR count). The van der Waals surface area contributed by atoms with Gasteiger partial charge in [-0.05, 0) is 99.0 Å². The van der Waals surface area contributed by atoms with E-state index in [4.69, 9.17) is 0 Å². The monoisotopic (exact) mass is 659 g/mol. The minimum atomic E-state index is -5.27. The lowest BCUT2D eigenvalue weighted by atomic mass is 9.90. The topological polar surface area (TPSA) is 3.24 Å². The summed E-state index contributed by atoms with van der Waals surface area (Å²) >= 11 is 0. The molecule has 44 heavy (non-hydrogen) atoms. The molecule has 1 saturated carbocycles. The van der Waals surface area contributed by atoms with Crippen LogP contribution in [0.15, 0.2) is 66.7 Å². The predicted molar refractivity (Wildman–Crippen MR) is 143 cm³/mol. The van der Waals surface area contributed by atoms with Crippen LogP contribution in [0.3, 0.4) is 0 Å². The third-order valence-electron chi connectivity index (χ3n) is 7.67. The van der Waals surface area contributed by atoms with Gasteiger partial charge in [0.2, 0.25) is 0 Å². The molecular weight excluding hydrogens is 633 g/mol. The number of benzene rings is 3. The van der Waals surface area contributed by atoms with Gasteiger partial charge in [0.15, 0.2) is 0 Å². The molecule has 3 aromatic carbocycles. The van der Waals surface area contributed by atoms with Crippen LogP contribution in [0.5, 0.6) is 0 Å². The van der Waals surface area contributed by atoms with Gasteiger partial charge in [-0.3, -0.25) is 0 Å². The standard InChI is InChI=1S/C30H26F12NP/c1-43(2)26(17-7-4-3-5-8-17)24-9-6-10-25(24)44(22-13-18(27(31,32)33)11-19(14-22)28(34,35)36)23-15-20(29(37,38)39)12-21(16-23)30(40,41)42/h3-5,7-8,11-16,24-26H,6,9-10H2,1-2H3/t24?,25?,26-/m1/s1. The summed E-state index contributed by atoms with van der Waals surface area (Å²) < 4.78 is 167. The molecule has 0 spiro atoms. The van der Waals surface area contributed by atoms with E-state index in [0.717, 1.165) is 5.56 Å². The third-order valence-corrected chi connectivity index (χ3v) is 10.6. The van der Waals surface area contributed by atoms with E-state index in [2.05, 4.69) is 0 Å². The van der Waals surface area contributed by atoms with E-state index in [0.29, 0.717) is 37.1 Å². The van der Waals surface area contributed by atoms with Crippen molar-refractivity contribution in [3.8, 4) is 0 Å². The van der Waals surface area contributed by atoms with Crippen molar-refractivity contribution in [3.05, 3.63) is 94.5 Å². The highest BCUT2D eigenvalue weighted by Crippen LogP contribution is 2.56. The molecule has 1 aliphatic carbocycles. The van der Waals surface area contributed by atoms with Gasteiger partial charge in [-0.25, -0.2) is 0 Å². The normalized spacial score (nSPS) is 19.2. The first-order valence-corrected chi connectivity index (χ1v) is 14.7. The molecule has 1 aliphatic rings. The largest absolute Gasteiger partial charge is 0.416 e. The van der Waals surface area contributed by atoms with Gasteiger partial charge >= 0.3 is 24.7 Å². The number of nitrogens with zero attached hydrogens (tertiary/aromatic N) is 1. The highest BCUT2D eigenvalue weighted by atomic mass is 31.1. The summed E-state index contributed by atoms with van der Waals surface area (Å²) in [6, 6.07) is 9.73. The summed E-state index contributed by atoms with van der Waals surface area (Å²) in [5.41, 5.74) is -6.89. The lowest BCUT2D eigenvalue weighted by Crippen LogP contribution is -2.35. The van der Waals surface area contributed by atoms with Crippen molar-refractivity contribution in [1.82, 2.24) is 4.90 Å². The molecule has 1 nitrogen and oxygen atoms in total. The van der Waals surface area contributed by atoms with E-state index < -0.39 is 83.1 Å². The molecule has 0 N–H and O–H groups in total. The van der Waals surface area contributed by atoms with Gasteiger partial charge in [-0.2, -0.15) is 52.7 Å². The minimum Gasteiger partial charge on any atom is -0.302 e. The maximum atomic E-state index is 13.9. The molecule has 0 bridgehead atoms. The summed E-state index contributed by atoms with van der Waals surface area (Å²) in [7, 11) is 0.784. The molecule has 14 heteroatoms. The van der Waals surface area contributed by atoms with Crippen LogP contribution in [-0.2, 0) is 24.7 Å². The highest BCUT2D eigenvalue weighted by molar-refractivity contribution is 7.73. The first kappa shape index (κ1) is 34.1. The molecule has 0 heterocycles. The summed E-state index contributed by atoms with van der Waals surface area (Å²) in [4.78, 5) is 1.78. The van der Waals surface area contributed by atoms with E-state index >= 15 is 0 Å². The molecule has 0 aliphatic heterocycles. The molecule has 0 amide bonds. The second kappa shape index (κ2) is 12.2. The van der Waals surface area contributed by atoms with Crippen molar-refractivity contribution in [1.29, 1.82) is 0 Å². The predicted octanol–water partition coefficient (Wildman–Crippen LogP) is 9.67. The summed E-state index contributed by atoms with van der Waals surface area (Å²) in [6.07, 6.45) is -20.1. The average molecular weight is 659 g/mol. The van der Waals surface area contributed by atoms with Gasteiger partial charge in [0, 0.05) is 6.04 Å². The molecular formula is C30H26F12NP. The van der Waals surface area contributed by atoms with E-state index in [1.807, 2.05) is 0 Å². The van der Waals surface area contributed by atoms with Crippen LogP contribution in [0.1, 0.15) is 53.1 Å². The second-order valence-corrected chi connectivity index (χ2v) is 13.3. The van der Waals surface area contributed by atoms with Crippen LogP contribution in [0.4, 0.5) is 52.7 Å². The van der Waals surface area contributed by atoms with Crippen LogP contribution in [0.2, 0.25) is 0 Å². The first-order valence-electron chi connectivity index (χ1n) is 13.3. The van der Waals surface area contributed by atoms with E-state index in [9.17, 15) is 52.7 Å². The van der Waals surface area contributed by atoms with Gasteiger partial charge in [-0.1, -0.05) is 36.8 Å². The van der Waals surface area contributed by atoms with Crippen LogP contribution >= 0.6 is 7.92 Å². The molecule has 0 radical (unpaired) electrons. The number of hydrogen-bond acceptors (Lipinski definition) is 1. The van der Waals surface area contributed by atoms with Crippen LogP contribution in [-0.4, -0.2) is 24.7 Å². The summed E-state index contributed by atoms with van der Waals surface area (Å²) in [5, 5.41) is -1.20. The van der Waals surface area contributed by atoms with E-state index in [1.54, 1.807) is 49.3 Å². The van der Waals surface area contributed by atoms with Gasteiger partial charge in [0.25, 0.3) is 0 Å². The summed E-state index contributed by atoms with van der Waals surface area (Å²) in [6.45, 7) is 0. The lowest BCUT2D eigenvalue weighted by molar-refractivity contribution is -0.144. The third kappa shape index (κ3) is 7.53. The lowest BCUT2D eigenvalue weighted by Gasteiger charge is -2.38. The number of halogens is 12. The Morgan fingerprint density at radius 2 is 0.977 bits per heavy atom. The zero-order valence-electron chi connectivity index (χ0n) is 23.1. The average Bonchev–Trinajstić information content (AvgIpc) is 3.35. The van der Waals surface area contributed by atoms with Gasteiger partial charge in [0.05, 0.1) is 22.3 Å². The number of hydrogen-bond donors (Lipinski definition) is 0. The van der Waals surface area contributed by atoms with Crippen molar-refractivity contribution in [2.24, 2.45) is 5.92 Å². The van der Waals surface area contributed by atoms with Crippen LogP contribution in [0, 0.1) is 5.92 Å². The Bertz CT molecular complexity index is 1300. The Kier molecular flexibility index (Phi) is 9.45. The fourth-order valence-electron chi connectivity index (χ4n) is 5.92. The van der Waals surface area contributed by atoms with Gasteiger partial charge in [-0.15, -0.1) is 0 Å². The molecule has 3 atom stereocenters. The van der Waals surface area contributed by atoms with Gasteiger partial charge in [0.1, 0.15) is 0 Å². The number of rotatable bonds is 6. The first-order chi connectivity index (χ1) is 20.2. The van der Waals surface area contributed by atoms with Crippen molar-refractivity contribution in [2.75, 3.05) is 14.1 Å². The Morgan fingerprint density at radius 1 is 0.591 bits per heavy atom. The second-order valence-electron chi connectivity index (χ2n) is 10.9. The van der Waals surface area contributed by atoms with Gasteiger partial charge < -0.3 is 4.90 Å². The van der Waals surface area contributed by atoms with Crippen LogP contribution in [0.25, 0.3) is 0 Å². The molecule has 1 fully saturated rings. The zero-order valence-corrected chi connectivity index (χ0v) is 24.0. The van der Waals surface area contributed by atoms with Crippen molar-refractivity contribution < 1.29 is 52.7 Å². The van der Waals surface area contributed by atoms with E-state index in [1.165, 1.54) is 0 Å². The van der Waals surface area contributed by atoms with Crippen molar-refractivity contribution >= 4 is 18.5 Å². The van der Waals surface area contributed by atoms with Crippen LogP contribution < -0.4 is 10.6 Å². The Hall–Kier alpha value is -2.79. The maximum absolute atomic E-state index is 13.9. The summed E-state index contributed by atoms with van der Waals surface area (Å²) in [5.74, 6) is -0.522. The minimum absolute atomic E-state index is 0.108. The Morgan fingerprint density at radius 3 is 1.32 bits per heavy atom. The number of alkyl halides is 12. The fourth-order valence-corrected chi connectivity index (χ4v) is 9.24. The highest BCUT2D eigenvalue weighted by Gasteiger charge is 2.45. The SMILES string of the molecule is CN(C)[C@H](c1ccccc1)C1CCCC1P(c1cc(C(F)(F)F)cc(C(F)(F)F)c1)c1cc(C(F)(F)F)cc(C(F)(F)F)c1. The van der Waals surface area contributed by atoms with Crippen molar-refractivity contribution in [2.45, 2.75) is 55.7 Å². The quantitative estimate of drug-likeness (QED) is 0.188. The fraction of sp³-hybridized carbons (Fsp3) is 0.400. The molecule has 0 saturated heterocycles. The zero-order chi connectivity index (χ0) is 32.8. The Balaban J connectivity index is 2.05. The van der Waals surface area contributed by atoms with E-state index in [-0.39, 0.29) is 18.6 Å². The maximum Gasteiger partial charge on any atom is 0.416 e. The molecule has 2 unspecified atom stereocenters. The molecule has 240 valence electrons. The Labute approximate surface area is 246 Å². The molecule has 3 aromatic rings. The van der Waals surface area contributed by atoms with Crippen molar-refractivity contribution in [3.63, 3.8) is 0 Å². The smallest absolute Gasteiger partial charge is 0.302 e. The molecule has 0 aromatic heterocycles.